The topological polar surface area (TPSA) is 18.5 Å². The highest BCUT2D eigenvalue weighted by atomic mass is 16.5. The Kier molecular flexibility index (Phi) is 3.91. The summed E-state index contributed by atoms with van der Waals surface area (Å²) in [5.74, 6) is 0.944. The first kappa shape index (κ1) is 14.4. The highest BCUT2D eigenvalue weighted by molar-refractivity contribution is 5.30. The molecule has 0 aromatic heterocycles. The molecule has 1 aliphatic rings. The van der Waals surface area contributed by atoms with Crippen molar-refractivity contribution in [1.29, 1.82) is 0 Å². The molecular weight excluding hydrogens is 236 g/mol. The van der Waals surface area contributed by atoms with Gasteiger partial charge in [-0.3, -0.25) is 0 Å². The molecule has 106 valence electrons. The van der Waals surface area contributed by atoms with Gasteiger partial charge in [0.05, 0.1) is 12.7 Å². The Morgan fingerprint density at radius 2 is 1.89 bits per heavy atom. The number of rotatable bonds is 5. The van der Waals surface area contributed by atoms with Crippen LogP contribution in [0.25, 0.3) is 0 Å². The molecule has 0 saturated carbocycles. The summed E-state index contributed by atoms with van der Waals surface area (Å²) in [5.41, 5.74) is 1.41. The van der Waals surface area contributed by atoms with Crippen LogP contribution in [0.3, 0.4) is 0 Å². The van der Waals surface area contributed by atoms with Crippen molar-refractivity contribution in [3.8, 4) is 5.75 Å². The second kappa shape index (κ2) is 5.16. The SMILES string of the molecule is CCCC(C)(C)Oc1ccc(C2OCC2(C)C)cc1. The van der Waals surface area contributed by atoms with E-state index in [0.717, 1.165) is 25.2 Å². The lowest BCUT2D eigenvalue weighted by molar-refractivity contribution is -0.172. The second-order valence-electron chi connectivity index (χ2n) is 6.86. The van der Waals surface area contributed by atoms with Gasteiger partial charge in [0.25, 0.3) is 0 Å². The number of hydrogen-bond acceptors (Lipinski definition) is 2. The highest BCUT2D eigenvalue weighted by Crippen LogP contribution is 2.45. The Morgan fingerprint density at radius 1 is 1.26 bits per heavy atom. The van der Waals surface area contributed by atoms with Gasteiger partial charge in [-0.1, -0.05) is 39.3 Å². The first-order chi connectivity index (χ1) is 8.84. The lowest BCUT2D eigenvalue weighted by atomic mass is 9.79. The van der Waals surface area contributed by atoms with Gasteiger partial charge in [0.2, 0.25) is 0 Å². The zero-order valence-electron chi connectivity index (χ0n) is 12.8. The van der Waals surface area contributed by atoms with Crippen molar-refractivity contribution in [2.24, 2.45) is 5.41 Å². The molecule has 0 spiro atoms. The molecule has 2 nitrogen and oxygen atoms in total. The largest absolute Gasteiger partial charge is 0.488 e. The Hall–Kier alpha value is -1.02. The van der Waals surface area contributed by atoms with Gasteiger partial charge < -0.3 is 9.47 Å². The van der Waals surface area contributed by atoms with Crippen molar-refractivity contribution >= 4 is 0 Å². The molecule has 19 heavy (non-hydrogen) atoms. The first-order valence-corrected chi connectivity index (χ1v) is 7.25. The van der Waals surface area contributed by atoms with E-state index in [1.54, 1.807) is 0 Å². The molecule has 0 amide bonds. The van der Waals surface area contributed by atoms with E-state index in [0.29, 0.717) is 0 Å². The summed E-state index contributed by atoms with van der Waals surface area (Å²) in [7, 11) is 0. The third-order valence-electron chi connectivity index (χ3n) is 3.76. The lowest BCUT2D eigenvalue weighted by Crippen LogP contribution is -2.40. The van der Waals surface area contributed by atoms with Crippen LogP contribution < -0.4 is 4.74 Å². The predicted octanol–water partition coefficient (Wildman–Crippen LogP) is 4.74. The highest BCUT2D eigenvalue weighted by Gasteiger charge is 2.40. The average molecular weight is 262 g/mol. The fourth-order valence-electron chi connectivity index (χ4n) is 2.73. The number of ether oxygens (including phenoxy) is 2. The zero-order chi connectivity index (χ0) is 14.1. The summed E-state index contributed by atoms with van der Waals surface area (Å²) >= 11 is 0. The minimum Gasteiger partial charge on any atom is -0.488 e. The molecule has 2 rings (SSSR count). The van der Waals surface area contributed by atoms with E-state index in [1.807, 2.05) is 0 Å². The minimum atomic E-state index is -0.0947. The van der Waals surface area contributed by atoms with Crippen LogP contribution in [0.1, 0.15) is 59.1 Å². The van der Waals surface area contributed by atoms with Crippen molar-refractivity contribution in [2.75, 3.05) is 6.61 Å². The van der Waals surface area contributed by atoms with Gasteiger partial charge in [-0.05, 0) is 38.0 Å². The van der Waals surface area contributed by atoms with Gasteiger partial charge in [-0.25, -0.2) is 0 Å². The molecule has 0 bridgehead atoms. The summed E-state index contributed by atoms with van der Waals surface area (Å²) in [4.78, 5) is 0. The fourth-order valence-corrected chi connectivity index (χ4v) is 2.73. The molecule has 1 unspecified atom stereocenters. The van der Waals surface area contributed by atoms with E-state index in [2.05, 4.69) is 58.9 Å². The molecule has 1 aromatic carbocycles. The van der Waals surface area contributed by atoms with E-state index in [9.17, 15) is 0 Å². The van der Waals surface area contributed by atoms with Gasteiger partial charge in [0.15, 0.2) is 0 Å². The molecule has 0 N–H and O–H groups in total. The smallest absolute Gasteiger partial charge is 0.120 e. The number of hydrogen-bond donors (Lipinski definition) is 0. The van der Waals surface area contributed by atoms with Crippen molar-refractivity contribution in [3.05, 3.63) is 29.8 Å². The van der Waals surface area contributed by atoms with Crippen LogP contribution in [0.15, 0.2) is 24.3 Å². The van der Waals surface area contributed by atoms with E-state index >= 15 is 0 Å². The van der Waals surface area contributed by atoms with Crippen LogP contribution in [0.5, 0.6) is 5.75 Å². The fraction of sp³-hybridized carbons (Fsp3) is 0.647. The van der Waals surface area contributed by atoms with Gasteiger partial charge in [0, 0.05) is 5.41 Å². The molecule has 0 aliphatic carbocycles. The molecule has 1 heterocycles. The van der Waals surface area contributed by atoms with Gasteiger partial charge in [-0.15, -0.1) is 0 Å². The zero-order valence-corrected chi connectivity index (χ0v) is 12.8. The van der Waals surface area contributed by atoms with Crippen molar-refractivity contribution in [1.82, 2.24) is 0 Å². The van der Waals surface area contributed by atoms with Gasteiger partial charge in [-0.2, -0.15) is 0 Å². The molecular formula is C17H26O2. The van der Waals surface area contributed by atoms with Crippen molar-refractivity contribution in [2.45, 2.75) is 59.2 Å². The average Bonchev–Trinajstić information content (AvgIpc) is 2.30. The summed E-state index contributed by atoms with van der Waals surface area (Å²) in [6, 6.07) is 8.38. The standard InChI is InChI=1S/C17H26O2/c1-6-11-17(4,5)19-14-9-7-13(8-10-14)15-16(2,3)12-18-15/h7-10,15H,6,11-12H2,1-5H3. The van der Waals surface area contributed by atoms with Crippen molar-refractivity contribution < 1.29 is 9.47 Å². The van der Waals surface area contributed by atoms with E-state index in [-0.39, 0.29) is 17.1 Å². The van der Waals surface area contributed by atoms with Crippen LogP contribution in [0, 0.1) is 5.41 Å². The van der Waals surface area contributed by atoms with E-state index in [1.165, 1.54) is 5.56 Å². The Bertz CT molecular complexity index is 417. The maximum absolute atomic E-state index is 6.04. The molecule has 2 heteroatoms. The molecule has 1 atom stereocenters. The van der Waals surface area contributed by atoms with Crippen LogP contribution >= 0.6 is 0 Å². The maximum Gasteiger partial charge on any atom is 0.120 e. The molecule has 1 aliphatic heterocycles. The first-order valence-electron chi connectivity index (χ1n) is 7.25. The Morgan fingerprint density at radius 3 is 2.32 bits per heavy atom. The van der Waals surface area contributed by atoms with Gasteiger partial charge >= 0.3 is 0 Å². The third kappa shape index (κ3) is 3.30. The summed E-state index contributed by atoms with van der Waals surface area (Å²) < 4.78 is 11.7. The van der Waals surface area contributed by atoms with Crippen molar-refractivity contribution in [3.63, 3.8) is 0 Å². The molecule has 1 fully saturated rings. The minimum absolute atomic E-state index is 0.0947. The lowest BCUT2D eigenvalue weighted by Gasteiger charge is -2.44. The second-order valence-corrected chi connectivity index (χ2v) is 6.86. The molecule has 0 radical (unpaired) electrons. The summed E-state index contributed by atoms with van der Waals surface area (Å²) in [5, 5.41) is 0. The quantitative estimate of drug-likeness (QED) is 0.763. The number of benzene rings is 1. The predicted molar refractivity (Wildman–Crippen MR) is 78.5 cm³/mol. The summed E-state index contributed by atoms with van der Waals surface area (Å²) in [6.45, 7) is 11.8. The van der Waals surface area contributed by atoms with Crippen LogP contribution in [-0.4, -0.2) is 12.2 Å². The van der Waals surface area contributed by atoms with E-state index < -0.39 is 0 Å². The van der Waals surface area contributed by atoms with E-state index in [4.69, 9.17) is 9.47 Å². The van der Waals surface area contributed by atoms with Crippen LogP contribution in [-0.2, 0) is 4.74 Å². The van der Waals surface area contributed by atoms with Crippen LogP contribution in [0.4, 0.5) is 0 Å². The van der Waals surface area contributed by atoms with Crippen LogP contribution in [0.2, 0.25) is 0 Å². The molecule has 1 aromatic rings. The molecule has 1 saturated heterocycles. The normalized spacial score (nSPS) is 21.8. The Balaban J connectivity index is 2.03. The monoisotopic (exact) mass is 262 g/mol. The van der Waals surface area contributed by atoms with Gasteiger partial charge in [0.1, 0.15) is 11.4 Å². The summed E-state index contributed by atoms with van der Waals surface area (Å²) in [6.07, 6.45) is 2.42. The third-order valence-corrected chi connectivity index (χ3v) is 3.76. The Labute approximate surface area is 117 Å². The maximum atomic E-state index is 6.04.